The zero-order valence-corrected chi connectivity index (χ0v) is 18.4. The number of para-hydroxylation sites is 1. The summed E-state index contributed by atoms with van der Waals surface area (Å²) < 4.78 is 12.1. The van der Waals surface area contributed by atoms with E-state index in [0.29, 0.717) is 0 Å². The van der Waals surface area contributed by atoms with Crippen molar-refractivity contribution in [1.82, 2.24) is 0 Å². The van der Waals surface area contributed by atoms with Crippen LogP contribution in [-0.2, 0) is 0 Å². The van der Waals surface area contributed by atoms with E-state index in [4.69, 9.17) is 9.47 Å². The van der Waals surface area contributed by atoms with E-state index in [1.54, 1.807) is 0 Å². The predicted octanol–water partition coefficient (Wildman–Crippen LogP) is 8.25. The Morgan fingerprint density at radius 3 is 1.63 bits per heavy atom. The number of ether oxygens (including phenoxy) is 2. The van der Waals surface area contributed by atoms with Gasteiger partial charge in [0.1, 0.15) is 0 Å². The lowest BCUT2D eigenvalue weighted by Crippen LogP contribution is -2.04. The standard InChI is InChI=1S/C25H44O2/c1-4-6-8-10-12-14-16-21-26-24-20-18-19-23(3)25(24)27-22-17-15-13-11-9-7-5-2/h18-20H,4-17,21-22H2,1-3H3. The number of unbranched alkanes of at least 4 members (excludes halogenated alkanes) is 12. The molecule has 0 atom stereocenters. The van der Waals surface area contributed by atoms with Crippen LogP contribution in [0.1, 0.15) is 109 Å². The first-order valence-electron chi connectivity index (χ1n) is 11.6. The average Bonchev–Trinajstić information content (AvgIpc) is 2.67. The molecule has 0 saturated carbocycles. The first-order valence-corrected chi connectivity index (χ1v) is 11.6. The monoisotopic (exact) mass is 376 g/mol. The second-order valence-electron chi connectivity index (χ2n) is 7.84. The molecule has 0 N–H and O–H groups in total. The highest BCUT2D eigenvalue weighted by Crippen LogP contribution is 2.31. The molecule has 0 spiro atoms. The molecular formula is C25H44O2. The Labute approximate surface area is 169 Å². The Balaban J connectivity index is 2.21. The summed E-state index contributed by atoms with van der Waals surface area (Å²) >= 11 is 0. The number of hydrogen-bond acceptors (Lipinski definition) is 2. The van der Waals surface area contributed by atoms with Crippen LogP contribution in [0.5, 0.6) is 11.5 Å². The first kappa shape index (κ1) is 23.9. The van der Waals surface area contributed by atoms with Gasteiger partial charge in [0, 0.05) is 0 Å². The molecule has 1 aromatic carbocycles. The SMILES string of the molecule is CCCCCCCCCOc1cccc(C)c1OCCCCCCCCC. The van der Waals surface area contributed by atoms with Gasteiger partial charge >= 0.3 is 0 Å². The molecule has 27 heavy (non-hydrogen) atoms. The third kappa shape index (κ3) is 12.0. The summed E-state index contributed by atoms with van der Waals surface area (Å²) in [5.74, 6) is 1.87. The number of aryl methyl sites for hydroxylation is 1. The van der Waals surface area contributed by atoms with E-state index in [0.717, 1.165) is 37.6 Å². The minimum absolute atomic E-state index is 0.797. The molecule has 2 nitrogen and oxygen atoms in total. The van der Waals surface area contributed by atoms with Gasteiger partial charge in [-0.1, -0.05) is 103 Å². The van der Waals surface area contributed by atoms with E-state index in [2.05, 4.69) is 32.9 Å². The summed E-state index contributed by atoms with van der Waals surface area (Å²) in [5.41, 5.74) is 1.18. The van der Waals surface area contributed by atoms with Crippen molar-refractivity contribution in [2.45, 2.75) is 111 Å². The van der Waals surface area contributed by atoms with Crippen LogP contribution >= 0.6 is 0 Å². The van der Waals surface area contributed by atoms with E-state index in [-0.39, 0.29) is 0 Å². The highest BCUT2D eigenvalue weighted by atomic mass is 16.5. The molecule has 156 valence electrons. The van der Waals surface area contributed by atoms with E-state index in [9.17, 15) is 0 Å². The Bertz CT molecular complexity index is 456. The second-order valence-corrected chi connectivity index (χ2v) is 7.84. The molecule has 0 aromatic heterocycles. The molecule has 0 radical (unpaired) electrons. The third-order valence-electron chi connectivity index (χ3n) is 5.18. The highest BCUT2D eigenvalue weighted by Gasteiger charge is 2.08. The number of rotatable bonds is 18. The summed E-state index contributed by atoms with van der Waals surface area (Å²) in [6, 6.07) is 6.23. The molecule has 0 bridgehead atoms. The predicted molar refractivity (Wildman–Crippen MR) is 118 cm³/mol. The fourth-order valence-corrected chi connectivity index (χ4v) is 3.40. The van der Waals surface area contributed by atoms with E-state index < -0.39 is 0 Å². The van der Waals surface area contributed by atoms with Crippen LogP contribution in [0, 0.1) is 6.92 Å². The minimum Gasteiger partial charge on any atom is -0.490 e. The topological polar surface area (TPSA) is 18.5 Å². The smallest absolute Gasteiger partial charge is 0.164 e. The van der Waals surface area contributed by atoms with Gasteiger partial charge in [-0.25, -0.2) is 0 Å². The maximum absolute atomic E-state index is 6.09. The van der Waals surface area contributed by atoms with Crippen molar-refractivity contribution in [2.24, 2.45) is 0 Å². The molecule has 1 aromatic rings. The van der Waals surface area contributed by atoms with E-state index in [1.807, 2.05) is 6.07 Å². The van der Waals surface area contributed by atoms with Gasteiger partial charge in [-0.05, 0) is 31.4 Å². The summed E-state index contributed by atoms with van der Waals surface area (Å²) in [5, 5.41) is 0. The third-order valence-corrected chi connectivity index (χ3v) is 5.18. The van der Waals surface area contributed by atoms with Gasteiger partial charge in [-0.15, -0.1) is 0 Å². The van der Waals surface area contributed by atoms with Gasteiger partial charge in [0.25, 0.3) is 0 Å². The van der Waals surface area contributed by atoms with Crippen molar-refractivity contribution in [2.75, 3.05) is 13.2 Å². The Hall–Kier alpha value is -1.18. The fourth-order valence-electron chi connectivity index (χ4n) is 3.40. The Kier molecular flexibility index (Phi) is 15.0. The molecule has 0 aliphatic carbocycles. The summed E-state index contributed by atoms with van der Waals surface area (Å²) in [4.78, 5) is 0. The van der Waals surface area contributed by atoms with Gasteiger partial charge in [0.15, 0.2) is 11.5 Å². The summed E-state index contributed by atoms with van der Waals surface area (Å²) in [6.07, 6.45) is 18.3. The number of benzene rings is 1. The van der Waals surface area contributed by atoms with E-state index >= 15 is 0 Å². The lowest BCUT2D eigenvalue weighted by atomic mass is 10.1. The van der Waals surface area contributed by atoms with Crippen molar-refractivity contribution in [3.05, 3.63) is 23.8 Å². The van der Waals surface area contributed by atoms with Crippen LogP contribution < -0.4 is 9.47 Å². The van der Waals surface area contributed by atoms with Gasteiger partial charge in [0.05, 0.1) is 13.2 Å². The molecule has 0 aliphatic heterocycles. The summed E-state index contributed by atoms with van der Waals surface area (Å²) in [7, 11) is 0. The zero-order valence-electron chi connectivity index (χ0n) is 18.4. The van der Waals surface area contributed by atoms with Crippen molar-refractivity contribution < 1.29 is 9.47 Å². The molecular weight excluding hydrogens is 332 g/mol. The molecule has 1 rings (SSSR count). The largest absolute Gasteiger partial charge is 0.490 e. The molecule has 2 heteroatoms. The maximum atomic E-state index is 6.09. The molecule has 0 unspecified atom stereocenters. The second kappa shape index (κ2) is 17.0. The van der Waals surface area contributed by atoms with Crippen molar-refractivity contribution in [3.63, 3.8) is 0 Å². The van der Waals surface area contributed by atoms with Crippen LogP contribution in [-0.4, -0.2) is 13.2 Å². The minimum atomic E-state index is 0.797. The van der Waals surface area contributed by atoms with Crippen LogP contribution in [0.15, 0.2) is 18.2 Å². The van der Waals surface area contributed by atoms with Gasteiger partial charge < -0.3 is 9.47 Å². The molecule has 0 aliphatic rings. The van der Waals surface area contributed by atoms with Crippen LogP contribution in [0.3, 0.4) is 0 Å². The highest BCUT2D eigenvalue weighted by molar-refractivity contribution is 5.45. The van der Waals surface area contributed by atoms with Crippen LogP contribution in [0.25, 0.3) is 0 Å². The molecule has 0 saturated heterocycles. The van der Waals surface area contributed by atoms with E-state index in [1.165, 1.54) is 82.6 Å². The van der Waals surface area contributed by atoms with Crippen LogP contribution in [0.2, 0.25) is 0 Å². The lowest BCUT2D eigenvalue weighted by Gasteiger charge is -2.15. The quantitative estimate of drug-likeness (QED) is 0.240. The molecule has 0 fully saturated rings. The first-order chi connectivity index (χ1) is 13.3. The summed E-state index contributed by atoms with van der Waals surface area (Å²) in [6.45, 7) is 8.24. The van der Waals surface area contributed by atoms with Crippen molar-refractivity contribution in [1.29, 1.82) is 0 Å². The molecule has 0 heterocycles. The number of hydrogen-bond donors (Lipinski definition) is 0. The maximum Gasteiger partial charge on any atom is 0.164 e. The van der Waals surface area contributed by atoms with Gasteiger partial charge in [0.2, 0.25) is 0 Å². The van der Waals surface area contributed by atoms with Crippen molar-refractivity contribution >= 4 is 0 Å². The molecule has 0 amide bonds. The fraction of sp³-hybridized carbons (Fsp3) is 0.760. The van der Waals surface area contributed by atoms with Crippen molar-refractivity contribution in [3.8, 4) is 11.5 Å². The average molecular weight is 377 g/mol. The normalized spacial score (nSPS) is 10.9. The Morgan fingerprint density at radius 1 is 0.593 bits per heavy atom. The lowest BCUT2D eigenvalue weighted by molar-refractivity contribution is 0.257. The Morgan fingerprint density at radius 2 is 1.07 bits per heavy atom. The van der Waals surface area contributed by atoms with Gasteiger partial charge in [-0.3, -0.25) is 0 Å². The zero-order chi connectivity index (χ0) is 19.6. The van der Waals surface area contributed by atoms with Gasteiger partial charge in [-0.2, -0.15) is 0 Å². The van der Waals surface area contributed by atoms with Crippen LogP contribution in [0.4, 0.5) is 0 Å².